The number of hydrogen-bond acceptors (Lipinski definition) is 3. The van der Waals surface area contributed by atoms with Crippen LogP contribution in [0.4, 0.5) is 48.3 Å². The molecule has 0 aromatic heterocycles. The topological polar surface area (TPSA) is 35.5 Å². The van der Waals surface area contributed by atoms with Crippen LogP contribution < -0.4 is 0 Å². The van der Waals surface area contributed by atoms with Crippen LogP contribution in [0.15, 0.2) is 0 Å². The van der Waals surface area contributed by atoms with Gasteiger partial charge in [-0.1, -0.05) is 15.9 Å². The van der Waals surface area contributed by atoms with Crippen LogP contribution in [0, 0.1) is 0 Å². The van der Waals surface area contributed by atoms with Crippen molar-refractivity contribution in [3.63, 3.8) is 0 Å². The number of carbonyl (C=O) groups excluding carboxylic acids is 1. The second-order valence-corrected chi connectivity index (χ2v) is 8.65. The van der Waals surface area contributed by atoms with E-state index in [9.17, 15) is 53.1 Å². The molecule has 0 rings (SSSR count). The SMILES string of the molecule is CC(Br)C(=O)OCC(F)(C(F)(F)F)C(C)(C)OC(F)(F)C(F)(C(C)(C)F)C(F)(F)F. The van der Waals surface area contributed by atoms with Crippen molar-refractivity contribution in [2.24, 2.45) is 0 Å². The summed E-state index contributed by atoms with van der Waals surface area (Å²) >= 11 is 2.58. The fourth-order valence-electron chi connectivity index (χ4n) is 2.20. The Morgan fingerprint density at radius 1 is 0.833 bits per heavy atom. The van der Waals surface area contributed by atoms with Gasteiger partial charge in [-0.05, 0) is 34.6 Å². The van der Waals surface area contributed by atoms with Gasteiger partial charge in [0.15, 0.2) is 5.67 Å². The summed E-state index contributed by atoms with van der Waals surface area (Å²) in [7, 11) is 0. The molecule has 0 aliphatic carbocycles. The van der Waals surface area contributed by atoms with Crippen LogP contribution in [0.25, 0.3) is 0 Å². The molecule has 0 N–H and O–H groups in total. The van der Waals surface area contributed by atoms with Gasteiger partial charge in [-0.15, -0.1) is 0 Å². The van der Waals surface area contributed by atoms with Crippen LogP contribution in [-0.4, -0.2) is 58.5 Å². The van der Waals surface area contributed by atoms with Crippen molar-refractivity contribution in [1.29, 1.82) is 0 Å². The Morgan fingerprint density at radius 3 is 1.50 bits per heavy atom. The summed E-state index contributed by atoms with van der Waals surface area (Å²) < 4.78 is 158. The van der Waals surface area contributed by atoms with E-state index in [2.05, 4.69) is 25.4 Å². The molecule has 30 heavy (non-hydrogen) atoms. The van der Waals surface area contributed by atoms with Crippen LogP contribution >= 0.6 is 15.9 Å². The van der Waals surface area contributed by atoms with E-state index in [0.717, 1.165) is 6.92 Å². The highest BCUT2D eigenvalue weighted by atomic mass is 79.9. The lowest BCUT2D eigenvalue weighted by Crippen LogP contribution is -2.70. The first kappa shape index (κ1) is 29.1. The number of hydrogen-bond donors (Lipinski definition) is 0. The van der Waals surface area contributed by atoms with Gasteiger partial charge in [0.1, 0.15) is 17.0 Å². The maximum absolute atomic E-state index is 14.8. The minimum atomic E-state index is -6.68. The zero-order valence-corrected chi connectivity index (χ0v) is 17.6. The standard InChI is InChI=1S/C15H18BrF11O3/c1-7(16)8(28)29-6-11(18,13(20,21)22)10(4,5)30-15(26,27)12(19,9(2,3)17)14(23,24)25/h7H,6H2,1-5H3. The van der Waals surface area contributed by atoms with Crippen molar-refractivity contribution in [3.05, 3.63) is 0 Å². The zero-order chi connectivity index (χ0) is 24.8. The Hall–Kier alpha value is -0.860. The predicted octanol–water partition coefficient (Wildman–Crippen LogP) is 5.99. The Balaban J connectivity index is 6.37. The molecule has 0 saturated heterocycles. The Bertz CT molecular complexity index is 609. The van der Waals surface area contributed by atoms with Crippen LogP contribution in [-0.2, 0) is 14.3 Å². The molecule has 0 saturated carbocycles. The summed E-state index contributed by atoms with van der Waals surface area (Å²) in [5.74, 6) is -1.48. The van der Waals surface area contributed by atoms with E-state index in [1.807, 2.05) is 0 Å². The van der Waals surface area contributed by atoms with Crippen molar-refractivity contribution in [1.82, 2.24) is 0 Å². The number of ether oxygens (including phenoxy) is 2. The van der Waals surface area contributed by atoms with Crippen molar-refractivity contribution in [2.75, 3.05) is 6.61 Å². The van der Waals surface area contributed by atoms with Gasteiger partial charge in [0.25, 0.3) is 5.67 Å². The van der Waals surface area contributed by atoms with Gasteiger partial charge >= 0.3 is 30.1 Å². The summed E-state index contributed by atoms with van der Waals surface area (Å²) in [6, 6.07) is 0. The van der Waals surface area contributed by atoms with Gasteiger partial charge in [0, 0.05) is 0 Å². The van der Waals surface area contributed by atoms with Crippen molar-refractivity contribution in [3.8, 4) is 0 Å². The van der Waals surface area contributed by atoms with Gasteiger partial charge < -0.3 is 9.47 Å². The molecule has 0 amide bonds. The van der Waals surface area contributed by atoms with Crippen molar-refractivity contribution in [2.45, 2.75) is 80.5 Å². The lowest BCUT2D eigenvalue weighted by Gasteiger charge is -2.46. The summed E-state index contributed by atoms with van der Waals surface area (Å²) in [5, 5.41) is 0. The minimum Gasteiger partial charge on any atom is -0.461 e. The maximum atomic E-state index is 14.8. The van der Waals surface area contributed by atoms with Gasteiger partial charge in [0.05, 0.1) is 0 Å². The Morgan fingerprint density at radius 2 is 1.23 bits per heavy atom. The molecule has 0 radical (unpaired) electrons. The van der Waals surface area contributed by atoms with Gasteiger partial charge in [-0.3, -0.25) is 4.79 Å². The quantitative estimate of drug-likeness (QED) is 0.218. The molecule has 0 aromatic carbocycles. The van der Waals surface area contributed by atoms with Crippen molar-refractivity contribution >= 4 is 21.9 Å². The number of rotatable bonds is 8. The second kappa shape index (κ2) is 8.24. The molecule has 3 nitrogen and oxygen atoms in total. The first-order valence-electron chi connectivity index (χ1n) is 7.87. The molecular formula is C15H18BrF11O3. The lowest BCUT2D eigenvalue weighted by molar-refractivity contribution is -0.443. The molecule has 3 unspecified atom stereocenters. The van der Waals surface area contributed by atoms with E-state index >= 15 is 0 Å². The van der Waals surface area contributed by atoms with E-state index < -0.39 is 58.5 Å². The van der Waals surface area contributed by atoms with Crippen molar-refractivity contribution < 1.29 is 62.6 Å². The van der Waals surface area contributed by atoms with E-state index in [4.69, 9.17) is 0 Å². The number of carbonyl (C=O) groups is 1. The monoisotopic (exact) mass is 534 g/mol. The molecule has 0 spiro atoms. The van der Waals surface area contributed by atoms with E-state index in [1.165, 1.54) is 0 Å². The van der Waals surface area contributed by atoms with Crippen LogP contribution in [0.1, 0.15) is 34.6 Å². The molecule has 0 aliphatic heterocycles. The second-order valence-electron chi connectivity index (χ2n) is 7.28. The van der Waals surface area contributed by atoms with Crippen LogP contribution in [0.2, 0.25) is 0 Å². The first-order valence-corrected chi connectivity index (χ1v) is 8.79. The molecule has 180 valence electrons. The van der Waals surface area contributed by atoms with Gasteiger partial charge in [-0.2, -0.15) is 35.1 Å². The first-order chi connectivity index (χ1) is 12.8. The smallest absolute Gasteiger partial charge is 0.434 e. The number of halogens is 12. The predicted molar refractivity (Wildman–Crippen MR) is 84.4 cm³/mol. The highest BCUT2D eigenvalue weighted by Gasteiger charge is 2.82. The molecular weight excluding hydrogens is 517 g/mol. The molecule has 0 fully saturated rings. The highest BCUT2D eigenvalue weighted by molar-refractivity contribution is 9.10. The molecule has 0 aromatic rings. The zero-order valence-electron chi connectivity index (χ0n) is 16.0. The average Bonchev–Trinajstić information content (AvgIpc) is 2.46. The molecule has 3 atom stereocenters. The number of alkyl halides is 12. The maximum Gasteiger partial charge on any atom is 0.434 e. The molecule has 0 heterocycles. The van der Waals surface area contributed by atoms with E-state index in [-0.39, 0.29) is 27.7 Å². The lowest BCUT2D eigenvalue weighted by atomic mass is 9.84. The Labute approximate surface area is 172 Å². The number of esters is 1. The van der Waals surface area contributed by atoms with Crippen LogP contribution in [0.5, 0.6) is 0 Å². The van der Waals surface area contributed by atoms with Gasteiger partial charge in [0.2, 0.25) is 0 Å². The highest BCUT2D eigenvalue weighted by Crippen LogP contribution is 2.56. The summed E-state index contributed by atoms with van der Waals surface area (Å²) in [6.45, 7) is -1.94. The van der Waals surface area contributed by atoms with E-state index in [0.29, 0.717) is 0 Å². The summed E-state index contributed by atoms with van der Waals surface area (Å²) in [4.78, 5) is 10.0. The molecule has 15 heteroatoms. The summed E-state index contributed by atoms with van der Waals surface area (Å²) in [6.07, 6.45) is -19.2. The average molecular weight is 535 g/mol. The third-order valence-electron chi connectivity index (χ3n) is 4.14. The fraction of sp³-hybridized carbons (Fsp3) is 0.933. The van der Waals surface area contributed by atoms with E-state index in [1.54, 1.807) is 0 Å². The largest absolute Gasteiger partial charge is 0.461 e. The molecule has 0 aliphatic rings. The minimum absolute atomic E-state index is 0.0815. The van der Waals surface area contributed by atoms with Gasteiger partial charge in [-0.25, -0.2) is 13.2 Å². The summed E-state index contributed by atoms with van der Waals surface area (Å²) in [5.41, 5.74) is -19.6. The third-order valence-corrected chi connectivity index (χ3v) is 4.51. The Kier molecular flexibility index (Phi) is 8.01. The fourth-order valence-corrected chi connectivity index (χ4v) is 2.33. The normalized spacial score (nSPS) is 19.6. The van der Waals surface area contributed by atoms with Crippen LogP contribution in [0.3, 0.4) is 0 Å². The molecule has 0 bridgehead atoms. The third kappa shape index (κ3) is 5.13.